The van der Waals surface area contributed by atoms with Crippen LogP contribution in [-0.2, 0) is 16.4 Å². The van der Waals surface area contributed by atoms with Crippen LogP contribution in [0.15, 0.2) is 60.9 Å². The van der Waals surface area contributed by atoms with E-state index in [1.165, 1.54) is 10.6 Å². The average molecular weight is 396 g/mol. The summed E-state index contributed by atoms with van der Waals surface area (Å²) >= 11 is 0. The number of amides is 1. The van der Waals surface area contributed by atoms with Crippen LogP contribution in [0.3, 0.4) is 0 Å². The van der Waals surface area contributed by atoms with E-state index in [2.05, 4.69) is 10.4 Å². The number of benzene rings is 2. The Morgan fingerprint density at radius 3 is 2.64 bits per heavy atom. The number of hydrogen-bond acceptors (Lipinski definition) is 4. The third kappa shape index (κ3) is 3.27. The largest absolute Gasteiger partial charge is 0.320 e. The van der Waals surface area contributed by atoms with E-state index in [9.17, 15) is 13.2 Å². The number of nitrogens with zero attached hydrogens (tertiary/aromatic N) is 3. The lowest BCUT2D eigenvalue weighted by Crippen LogP contribution is -2.34. The van der Waals surface area contributed by atoms with E-state index in [0.29, 0.717) is 23.4 Å². The highest BCUT2D eigenvalue weighted by atomic mass is 32.2. The lowest BCUT2D eigenvalue weighted by atomic mass is 10.1. The van der Waals surface area contributed by atoms with Gasteiger partial charge < -0.3 is 5.32 Å². The first-order valence-corrected chi connectivity index (χ1v) is 10.7. The van der Waals surface area contributed by atoms with Crippen LogP contribution >= 0.6 is 0 Å². The molecule has 1 amide bonds. The van der Waals surface area contributed by atoms with Crippen molar-refractivity contribution in [1.82, 2.24) is 9.78 Å². The number of carbonyl (C=O) groups excluding carboxylic acids is 1. The first-order valence-electron chi connectivity index (χ1n) is 8.87. The Balaban J connectivity index is 1.63. The van der Waals surface area contributed by atoms with Gasteiger partial charge in [-0.3, -0.25) is 9.10 Å². The topological polar surface area (TPSA) is 84.3 Å². The van der Waals surface area contributed by atoms with Gasteiger partial charge in [0.1, 0.15) is 0 Å². The lowest BCUT2D eigenvalue weighted by molar-refractivity contribution is 0.102. The van der Waals surface area contributed by atoms with Gasteiger partial charge in [0, 0.05) is 24.0 Å². The van der Waals surface area contributed by atoms with Crippen molar-refractivity contribution in [3.8, 4) is 5.69 Å². The maximum absolute atomic E-state index is 12.8. The Morgan fingerprint density at radius 2 is 1.93 bits per heavy atom. The summed E-state index contributed by atoms with van der Waals surface area (Å²) in [5.41, 5.74) is 3.38. The molecular formula is C20H20N4O3S. The maximum Gasteiger partial charge on any atom is 0.255 e. The van der Waals surface area contributed by atoms with Crippen LogP contribution in [0.2, 0.25) is 0 Å². The third-order valence-corrected chi connectivity index (χ3v) is 6.03. The minimum atomic E-state index is -3.35. The SMILES string of the molecule is CC1Cc2cc(C(=O)Nc3ccccc3-n3cccn3)ccc2N1S(C)(=O)=O. The molecule has 3 aromatic rings. The van der Waals surface area contributed by atoms with Crippen molar-refractivity contribution < 1.29 is 13.2 Å². The zero-order chi connectivity index (χ0) is 19.9. The Hall–Kier alpha value is -3.13. The first kappa shape index (κ1) is 18.2. The van der Waals surface area contributed by atoms with Gasteiger partial charge >= 0.3 is 0 Å². The Morgan fingerprint density at radius 1 is 1.14 bits per heavy atom. The zero-order valence-corrected chi connectivity index (χ0v) is 16.3. The van der Waals surface area contributed by atoms with E-state index in [0.717, 1.165) is 11.3 Å². The van der Waals surface area contributed by atoms with Crippen LogP contribution in [0.4, 0.5) is 11.4 Å². The fraction of sp³-hybridized carbons (Fsp3) is 0.200. The third-order valence-electron chi connectivity index (χ3n) is 4.76. The molecule has 0 spiro atoms. The van der Waals surface area contributed by atoms with Gasteiger partial charge in [-0.15, -0.1) is 0 Å². The van der Waals surface area contributed by atoms with Gasteiger partial charge in [0.25, 0.3) is 5.91 Å². The average Bonchev–Trinajstić information content (AvgIpc) is 3.27. The molecule has 0 radical (unpaired) electrons. The molecule has 0 saturated carbocycles. The van der Waals surface area contributed by atoms with Crippen LogP contribution in [0.25, 0.3) is 5.69 Å². The van der Waals surface area contributed by atoms with Gasteiger partial charge in [0.05, 0.1) is 23.3 Å². The molecule has 0 aliphatic carbocycles. The number of anilines is 2. The monoisotopic (exact) mass is 396 g/mol. The van der Waals surface area contributed by atoms with Gasteiger partial charge in [-0.25, -0.2) is 13.1 Å². The minimum Gasteiger partial charge on any atom is -0.320 e. The maximum atomic E-state index is 12.8. The Kier molecular flexibility index (Phi) is 4.43. The number of aromatic nitrogens is 2. The van der Waals surface area contributed by atoms with E-state index in [4.69, 9.17) is 0 Å². The highest BCUT2D eigenvalue weighted by Gasteiger charge is 2.32. The molecule has 1 aliphatic rings. The fourth-order valence-electron chi connectivity index (χ4n) is 3.63. The van der Waals surface area contributed by atoms with Crippen LogP contribution < -0.4 is 9.62 Å². The summed E-state index contributed by atoms with van der Waals surface area (Å²) in [5, 5.41) is 7.14. The second kappa shape index (κ2) is 6.79. The van der Waals surface area contributed by atoms with Crippen LogP contribution in [0.1, 0.15) is 22.8 Å². The molecule has 1 N–H and O–H groups in total. The van der Waals surface area contributed by atoms with Gasteiger partial charge in [-0.2, -0.15) is 5.10 Å². The van der Waals surface area contributed by atoms with Crippen molar-refractivity contribution in [2.45, 2.75) is 19.4 Å². The minimum absolute atomic E-state index is 0.163. The number of carbonyl (C=O) groups is 1. The Labute approximate surface area is 163 Å². The standard InChI is InChI=1S/C20H20N4O3S/c1-14-12-16-13-15(8-9-18(16)24(14)28(2,26)27)20(25)22-17-6-3-4-7-19(17)23-11-5-10-21-23/h3-11,13-14H,12H2,1-2H3,(H,22,25). The second-order valence-electron chi connectivity index (χ2n) is 6.88. The molecule has 1 aromatic heterocycles. The number of sulfonamides is 1. The molecule has 28 heavy (non-hydrogen) atoms. The van der Waals surface area contributed by atoms with E-state index in [1.54, 1.807) is 29.1 Å². The summed E-state index contributed by atoms with van der Waals surface area (Å²) in [4.78, 5) is 12.8. The quantitative estimate of drug-likeness (QED) is 0.735. The fourth-order valence-corrected chi connectivity index (χ4v) is 4.90. The normalized spacial score (nSPS) is 16.1. The molecule has 1 unspecified atom stereocenters. The van der Waals surface area contributed by atoms with Gasteiger partial charge in [0.2, 0.25) is 10.0 Å². The molecule has 4 rings (SSSR count). The second-order valence-corrected chi connectivity index (χ2v) is 8.74. The number of rotatable bonds is 4. The van der Waals surface area contributed by atoms with Crippen molar-refractivity contribution in [3.63, 3.8) is 0 Å². The molecule has 2 heterocycles. The first-order chi connectivity index (χ1) is 13.3. The van der Waals surface area contributed by atoms with E-state index in [1.807, 2.05) is 43.5 Å². The number of hydrogen-bond donors (Lipinski definition) is 1. The summed E-state index contributed by atoms with van der Waals surface area (Å²) in [6.45, 7) is 1.86. The highest BCUT2D eigenvalue weighted by molar-refractivity contribution is 7.92. The molecule has 1 aliphatic heterocycles. The summed E-state index contributed by atoms with van der Waals surface area (Å²) in [5.74, 6) is -0.257. The molecule has 1 atom stereocenters. The van der Waals surface area contributed by atoms with Crippen molar-refractivity contribution in [1.29, 1.82) is 0 Å². The lowest BCUT2D eigenvalue weighted by Gasteiger charge is -2.21. The molecule has 0 bridgehead atoms. The highest BCUT2D eigenvalue weighted by Crippen LogP contribution is 2.35. The molecule has 0 saturated heterocycles. The van der Waals surface area contributed by atoms with Crippen molar-refractivity contribution in [3.05, 3.63) is 72.1 Å². The number of nitrogens with one attached hydrogen (secondary N) is 1. The zero-order valence-electron chi connectivity index (χ0n) is 15.5. The smallest absolute Gasteiger partial charge is 0.255 e. The molecule has 0 fully saturated rings. The van der Waals surface area contributed by atoms with Gasteiger partial charge in [0.15, 0.2) is 0 Å². The van der Waals surface area contributed by atoms with Crippen LogP contribution in [-0.4, -0.2) is 36.4 Å². The van der Waals surface area contributed by atoms with Gasteiger partial charge in [-0.05, 0) is 55.3 Å². The summed E-state index contributed by atoms with van der Waals surface area (Å²) in [6, 6.07) is 14.2. The summed E-state index contributed by atoms with van der Waals surface area (Å²) < 4.78 is 27.2. The van der Waals surface area contributed by atoms with E-state index < -0.39 is 10.0 Å². The van der Waals surface area contributed by atoms with Crippen molar-refractivity contribution in [2.75, 3.05) is 15.9 Å². The molecular weight excluding hydrogens is 376 g/mol. The van der Waals surface area contributed by atoms with E-state index in [-0.39, 0.29) is 11.9 Å². The number of para-hydroxylation sites is 2. The summed E-state index contributed by atoms with van der Waals surface area (Å²) in [6.07, 6.45) is 5.26. The molecule has 7 nitrogen and oxygen atoms in total. The predicted octanol–water partition coefficient (Wildman–Crippen LogP) is 2.84. The predicted molar refractivity (Wildman–Crippen MR) is 108 cm³/mol. The number of fused-ring (bicyclic) bond motifs is 1. The van der Waals surface area contributed by atoms with Crippen molar-refractivity contribution >= 4 is 27.3 Å². The Bertz CT molecular complexity index is 1140. The van der Waals surface area contributed by atoms with Crippen LogP contribution in [0.5, 0.6) is 0 Å². The van der Waals surface area contributed by atoms with Crippen molar-refractivity contribution in [2.24, 2.45) is 0 Å². The van der Waals surface area contributed by atoms with Gasteiger partial charge in [-0.1, -0.05) is 12.1 Å². The molecule has 144 valence electrons. The molecule has 8 heteroatoms. The van der Waals surface area contributed by atoms with Crippen LogP contribution in [0, 0.1) is 0 Å². The molecule has 2 aromatic carbocycles. The summed E-state index contributed by atoms with van der Waals surface area (Å²) in [7, 11) is -3.35. The van der Waals surface area contributed by atoms with E-state index >= 15 is 0 Å².